The number of rotatable bonds is 7. The van der Waals surface area contributed by atoms with Crippen LogP contribution < -0.4 is 30.2 Å². The number of halogens is 1. The second-order valence-corrected chi connectivity index (χ2v) is 7.12. The Labute approximate surface area is 185 Å². The number of urea groups is 1. The van der Waals surface area contributed by atoms with Gasteiger partial charge in [0.25, 0.3) is 5.91 Å². The van der Waals surface area contributed by atoms with Gasteiger partial charge in [-0.25, -0.2) is 4.79 Å². The fraction of sp³-hybridized carbons (Fsp3) is 0.273. The van der Waals surface area contributed by atoms with E-state index in [0.717, 1.165) is 5.56 Å². The third kappa shape index (κ3) is 4.86. The third-order valence-electron chi connectivity index (χ3n) is 4.76. The zero-order chi connectivity index (χ0) is 22.5. The number of amides is 3. The molecule has 3 N–H and O–H groups in total. The highest BCUT2D eigenvalue weighted by Crippen LogP contribution is 2.37. The molecule has 3 rings (SSSR count). The summed E-state index contributed by atoms with van der Waals surface area (Å²) in [5.41, 5.74) is 1.93. The van der Waals surface area contributed by atoms with Crippen LogP contribution in [0, 0.1) is 0 Å². The topological polar surface area (TPSA) is 97.9 Å². The molecule has 1 heterocycles. The van der Waals surface area contributed by atoms with Crippen LogP contribution in [0.2, 0.25) is 5.02 Å². The number of nitrogens with one attached hydrogen (secondary N) is 3. The van der Waals surface area contributed by atoms with Gasteiger partial charge in [-0.05, 0) is 31.5 Å². The summed E-state index contributed by atoms with van der Waals surface area (Å²) in [6.07, 6.45) is 0. The molecule has 3 amide bonds. The second kappa shape index (κ2) is 9.61. The Bertz CT molecular complexity index is 1020. The van der Waals surface area contributed by atoms with Gasteiger partial charge in [-0.3, -0.25) is 4.79 Å². The molecule has 1 aliphatic rings. The summed E-state index contributed by atoms with van der Waals surface area (Å²) in [4.78, 5) is 25.4. The van der Waals surface area contributed by atoms with Crippen LogP contribution in [0.1, 0.15) is 25.5 Å². The first-order chi connectivity index (χ1) is 14.9. The molecule has 0 saturated heterocycles. The van der Waals surface area contributed by atoms with E-state index in [1.165, 1.54) is 14.2 Å². The van der Waals surface area contributed by atoms with Gasteiger partial charge in [-0.2, -0.15) is 0 Å². The average Bonchev–Trinajstić information content (AvgIpc) is 2.74. The predicted molar refractivity (Wildman–Crippen MR) is 118 cm³/mol. The molecule has 8 nitrogen and oxygen atoms in total. The zero-order valence-electron chi connectivity index (χ0n) is 17.7. The van der Waals surface area contributed by atoms with Crippen molar-refractivity contribution in [3.63, 3.8) is 0 Å². The molecule has 164 valence electrons. The van der Waals surface area contributed by atoms with Crippen molar-refractivity contribution >= 4 is 29.2 Å². The molecule has 0 saturated carbocycles. The molecule has 0 fully saturated rings. The molecule has 0 radical (unpaired) electrons. The van der Waals surface area contributed by atoms with Crippen molar-refractivity contribution in [3.05, 3.63) is 58.3 Å². The zero-order valence-corrected chi connectivity index (χ0v) is 18.4. The highest BCUT2D eigenvalue weighted by molar-refractivity contribution is 6.32. The molecule has 9 heteroatoms. The van der Waals surface area contributed by atoms with Crippen molar-refractivity contribution in [1.82, 2.24) is 10.6 Å². The van der Waals surface area contributed by atoms with Crippen molar-refractivity contribution in [3.8, 4) is 17.2 Å². The molecule has 31 heavy (non-hydrogen) atoms. The van der Waals surface area contributed by atoms with Gasteiger partial charge in [0, 0.05) is 17.8 Å². The normalized spacial score (nSPS) is 15.6. The molecule has 2 aromatic carbocycles. The van der Waals surface area contributed by atoms with Crippen LogP contribution in [0.3, 0.4) is 0 Å². The molecular weight excluding hydrogens is 422 g/mol. The number of anilines is 1. The lowest BCUT2D eigenvalue weighted by molar-refractivity contribution is -0.113. The number of carbonyl (C=O) groups is 2. The average molecular weight is 446 g/mol. The van der Waals surface area contributed by atoms with Crippen molar-refractivity contribution in [2.24, 2.45) is 0 Å². The Hall–Kier alpha value is -3.39. The summed E-state index contributed by atoms with van der Waals surface area (Å²) in [5, 5.41) is 8.65. The number of carbonyl (C=O) groups excluding carboxylic acids is 2. The molecular formula is C22H24ClN3O5. The van der Waals surface area contributed by atoms with E-state index in [2.05, 4.69) is 16.0 Å². The Kier molecular flexibility index (Phi) is 6.91. The number of ether oxygens (including phenoxy) is 3. The molecule has 0 aliphatic carbocycles. The van der Waals surface area contributed by atoms with Crippen LogP contribution in [0.5, 0.6) is 17.2 Å². The maximum Gasteiger partial charge on any atom is 0.319 e. The smallest absolute Gasteiger partial charge is 0.319 e. The van der Waals surface area contributed by atoms with Gasteiger partial charge in [-0.15, -0.1) is 0 Å². The summed E-state index contributed by atoms with van der Waals surface area (Å²) < 4.78 is 16.0. The Morgan fingerprint density at radius 2 is 1.81 bits per heavy atom. The first-order valence-corrected chi connectivity index (χ1v) is 9.99. The molecule has 0 aromatic heterocycles. The molecule has 1 unspecified atom stereocenters. The van der Waals surface area contributed by atoms with Gasteiger partial charge in [0.15, 0.2) is 0 Å². The number of allylic oxidation sites excluding steroid dienone is 1. The largest absolute Gasteiger partial charge is 0.495 e. The third-order valence-corrected chi connectivity index (χ3v) is 5.06. The first-order valence-electron chi connectivity index (χ1n) is 9.61. The summed E-state index contributed by atoms with van der Waals surface area (Å²) >= 11 is 6.15. The van der Waals surface area contributed by atoms with E-state index in [-0.39, 0.29) is 0 Å². The number of benzene rings is 2. The van der Waals surface area contributed by atoms with E-state index in [4.69, 9.17) is 25.8 Å². The fourth-order valence-electron chi connectivity index (χ4n) is 3.32. The van der Waals surface area contributed by atoms with E-state index in [9.17, 15) is 9.59 Å². The molecule has 0 bridgehead atoms. The van der Waals surface area contributed by atoms with Gasteiger partial charge in [0.05, 0.1) is 43.2 Å². The lowest BCUT2D eigenvalue weighted by Gasteiger charge is -2.29. The SMILES string of the molecule is CCOc1ccc(C2NC(=O)NC(C)=C2C(=O)Nc2cc(OC)c(Cl)cc2OC)cc1. The van der Waals surface area contributed by atoms with E-state index in [1.54, 1.807) is 31.2 Å². The van der Waals surface area contributed by atoms with Gasteiger partial charge < -0.3 is 30.2 Å². The maximum atomic E-state index is 13.3. The van der Waals surface area contributed by atoms with Crippen LogP contribution in [0.4, 0.5) is 10.5 Å². The summed E-state index contributed by atoms with van der Waals surface area (Å²) in [6.45, 7) is 4.12. The van der Waals surface area contributed by atoms with Crippen LogP contribution in [0.15, 0.2) is 47.7 Å². The van der Waals surface area contributed by atoms with Gasteiger partial charge in [0.1, 0.15) is 17.2 Å². The number of hydrogen-bond acceptors (Lipinski definition) is 5. The minimum atomic E-state index is -0.649. The van der Waals surface area contributed by atoms with Crippen molar-refractivity contribution < 1.29 is 23.8 Å². The van der Waals surface area contributed by atoms with Crippen molar-refractivity contribution in [2.45, 2.75) is 19.9 Å². The van der Waals surface area contributed by atoms with E-state index < -0.39 is 18.0 Å². The van der Waals surface area contributed by atoms with Gasteiger partial charge in [0.2, 0.25) is 0 Å². The molecule has 0 spiro atoms. The Morgan fingerprint density at radius 1 is 1.13 bits per heavy atom. The van der Waals surface area contributed by atoms with Gasteiger partial charge >= 0.3 is 6.03 Å². The molecule has 1 atom stereocenters. The maximum absolute atomic E-state index is 13.3. The van der Waals surface area contributed by atoms with E-state index in [0.29, 0.717) is 45.8 Å². The lowest BCUT2D eigenvalue weighted by atomic mass is 9.94. The molecule has 2 aromatic rings. The number of methoxy groups -OCH3 is 2. The fourth-order valence-corrected chi connectivity index (χ4v) is 3.55. The van der Waals surface area contributed by atoms with Crippen molar-refractivity contribution in [2.75, 3.05) is 26.1 Å². The van der Waals surface area contributed by atoms with Crippen LogP contribution in [-0.2, 0) is 4.79 Å². The van der Waals surface area contributed by atoms with E-state index in [1.807, 2.05) is 19.1 Å². The number of hydrogen-bond donors (Lipinski definition) is 3. The summed E-state index contributed by atoms with van der Waals surface area (Å²) in [5.74, 6) is 1.06. The first kappa shape index (κ1) is 22.3. The highest BCUT2D eigenvalue weighted by Gasteiger charge is 2.31. The second-order valence-electron chi connectivity index (χ2n) is 6.71. The van der Waals surface area contributed by atoms with Crippen LogP contribution in [0.25, 0.3) is 0 Å². The quantitative estimate of drug-likeness (QED) is 0.598. The van der Waals surface area contributed by atoms with Crippen molar-refractivity contribution in [1.29, 1.82) is 0 Å². The van der Waals surface area contributed by atoms with E-state index >= 15 is 0 Å². The lowest BCUT2D eigenvalue weighted by Crippen LogP contribution is -2.45. The highest BCUT2D eigenvalue weighted by atomic mass is 35.5. The molecule has 1 aliphatic heterocycles. The standard InChI is InChI=1S/C22H24ClN3O5/c1-5-31-14-8-6-13(7-9-14)20-19(12(2)24-22(28)26-20)21(27)25-16-11-17(29-3)15(23)10-18(16)30-4/h6-11,20H,5H2,1-4H3,(H,25,27)(H2,24,26,28). The monoisotopic (exact) mass is 445 g/mol. The Balaban J connectivity index is 1.95. The minimum Gasteiger partial charge on any atom is -0.495 e. The Morgan fingerprint density at radius 3 is 2.42 bits per heavy atom. The summed E-state index contributed by atoms with van der Waals surface area (Å²) in [7, 11) is 2.96. The van der Waals surface area contributed by atoms with Gasteiger partial charge in [-0.1, -0.05) is 23.7 Å². The minimum absolute atomic E-state index is 0.353. The van der Waals surface area contributed by atoms with Crippen LogP contribution >= 0.6 is 11.6 Å². The summed E-state index contributed by atoms with van der Waals surface area (Å²) in [6, 6.07) is 9.32. The van der Waals surface area contributed by atoms with Crippen LogP contribution in [-0.4, -0.2) is 32.8 Å². The predicted octanol–water partition coefficient (Wildman–Crippen LogP) is 4.02.